The van der Waals surface area contributed by atoms with Crippen LogP contribution in [0.25, 0.3) is 0 Å². The first-order valence-corrected chi connectivity index (χ1v) is 7.49. The molecule has 0 aliphatic heterocycles. The van der Waals surface area contributed by atoms with Gasteiger partial charge in [-0.1, -0.05) is 30.7 Å². The van der Waals surface area contributed by atoms with Crippen molar-refractivity contribution in [3.05, 3.63) is 64.9 Å². The van der Waals surface area contributed by atoms with Crippen LogP contribution in [-0.2, 0) is 17.8 Å². The van der Waals surface area contributed by atoms with Gasteiger partial charge in [0.15, 0.2) is 12.4 Å². The van der Waals surface area contributed by atoms with E-state index in [0.717, 1.165) is 12.0 Å². The van der Waals surface area contributed by atoms with Crippen LogP contribution in [0.5, 0.6) is 0 Å². The minimum Gasteiger partial charge on any atom is -0.344 e. The maximum Gasteiger partial charge on any atom is 0.286 e. The Morgan fingerprint density at radius 2 is 1.81 bits per heavy atom. The van der Waals surface area contributed by atoms with Crippen molar-refractivity contribution in [1.29, 1.82) is 0 Å². The summed E-state index contributed by atoms with van der Waals surface area (Å²) in [4.78, 5) is 12.1. The minimum atomic E-state index is -0.0368. The number of rotatable bonds is 5. The summed E-state index contributed by atoms with van der Waals surface area (Å²) in [7, 11) is 0. The smallest absolute Gasteiger partial charge is 0.286 e. The van der Waals surface area contributed by atoms with Crippen LogP contribution in [0.2, 0.25) is 5.02 Å². The van der Waals surface area contributed by atoms with Gasteiger partial charge < -0.3 is 5.32 Å². The van der Waals surface area contributed by atoms with Gasteiger partial charge in [0.1, 0.15) is 0 Å². The number of carbonyl (C=O) groups excluding carboxylic acids is 1. The number of hydrogen-bond donors (Lipinski definition) is 1. The average Bonchev–Trinajstić information content (AvgIpc) is 2.48. The molecular weight excluding hydrogens is 284 g/mol. The van der Waals surface area contributed by atoms with Crippen LogP contribution in [0.15, 0.2) is 48.8 Å². The first-order valence-electron chi connectivity index (χ1n) is 7.11. The van der Waals surface area contributed by atoms with E-state index in [-0.39, 0.29) is 11.9 Å². The average molecular weight is 304 g/mol. The third-order valence-corrected chi connectivity index (χ3v) is 3.69. The summed E-state index contributed by atoms with van der Waals surface area (Å²) < 4.78 is 1.88. The molecule has 0 fully saturated rings. The van der Waals surface area contributed by atoms with E-state index in [1.807, 2.05) is 60.3 Å². The van der Waals surface area contributed by atoms with Crippen molar-refractivity contribution in [3.63, 3.8) is 0 Å². The van der Waals surface area contributed by atoms with E-state index in [9.17, 15) is 4.79 Å². The van der Waals surface area contributed by atoms with E-state index in [1.165, 1.54) is 5.56 Å². The molecule has 0 saturated carbocycles. The van der Waals surface area contributed by atoms with Crippen molar-refractivity contribution in [1.82, 2.24) is 5.32 Å². The Morgan fingerprint density at radius 3 is 2.38 bits per heavy atom. The largest absolute Gasteiger partial charge is 0.344 e. The van der Waals surface area contributed by atoms with Crippen LogP contribution in [0.3, 0.4) is 0 Å². The number of nitrogens with zero attached hydrogens (tertiary/aromatic N) is 1. The van der Waals surface area contributed by atoms with E-state index < -0.39 is 0 Å². The first-order chi connectivity index (χ1) is 10.1. The van der Waals surface area contributed by atoms with Gasteiger partial charge in [-0.25, -0.2) is 0 Å². The fourth-order valence-corrected chi connectivity index (χ4v) is 2.24. The molecule has 1 amide bonds. The van der Waals surface area contributed by atoms with Crippen LogP contribution in [0.1, 0.15) is 31.0 Å². The summed E-state index contributed by atoms with van der Waals surface area (Å²) >= 11 is 5.86. The Labute approximate surface area is 130 Å². The van der Waals surface area contributed by atoms with Crippen LogP contribution in [0.4, 0.5) is 0 Å². The predicted molar refractivity (Wildman–Crippen MR) is 84.0 cm³/mol. The Bertz CT molecular complexity index is 593. The zero-order valence-corrected chi connectivity index (χ0v) is 13.1. The monoisotopic (exact) mass is 303 g/mol. The molecule has 0 saturated heterocycles. The number of carbonyl (C=O) groups is 1. The molecule has 2 rings (SSSR count). The van der Waals surface area contributed by atoms with Gasteiger partial charge in [0.05, 0.1) is 6.04 Å². The second-order valence-electron chi connectivity index (χ2n) is 5.07. The molecular formula is C17H20ClN2O+. The topological polar surface area (TPSA) is 33.0 Å². The molecule has 110 valence electrons. The Kier molecular flexibility index (Phi) is 5.34. The third kappa shape index (κ3) is 4.57. The molecule has 0 radical (unpaired) electrons. The zero-order valence-electron chi connectivity index (χ0n) is 12.3. The van der Waals surface area contributed by atoms with Crippen molar-refractivity contribution in [2.24, 2.45) is 0 Å². The lowest BCUT2D eigenvalue weighted by molar-refractivity contribution is -0.684. The van der Waals surface area contributed by atoms with Gasteiger partial charge in [-0.2, -0.15) is 4.57 Å². The molecule has 1 N–H and O–H groups in total. The lowest BCUT2D eigenvalue weighted by atomic mass is 10.1. The van der Waals surface area contributed by atoms with Crippen molar-refractivity contribution in [2.75, 3.05) is 0 Å². The van der Waals surface area contributed by atoms with Gasteiger partial charge in [-0.05, 0) is 36.6 Å². The molecule has 1 aromatic carbocycles. The van der Waals surface area contributed by atoms with Gasteiger partial charge in [0.2, 0.25) is 6.54 Å². The molecule has 2 aromatic rings. The highest BCUT2D eigenvalue weighted by Crippen LogP contribution is 2.15. The Balaban J connectivity index is 1.92. The molecule has 0 aliphatic rings. The second-order valence-corrected chi connectivity index (χ2v) is 5.51. The van der Waals surface area contributed by atoms with Crippen molar-refractivity contribution >= 4 is 17.5 Å². The first kappa shape index (κ1) is 15.5. The Hall–Kier alpha value is -1.87. The second kappa shape index (κ2) is 7.23. The number of pyridine rings is 1. The van der Waals surface area contributed by atoms with E-state index >= 15 is 0 Å². The molecule has 0 spiro atoms. The fraction of sp³-hybridized carbons (Fsp3) is 0.294. The third-order valence-electron chi connectivity index (χ3n) is 3.44. The number of nitrogens with one attached hydrogen (secondary N) is 1. The van der Waals surface area contributed by atoms with E-state index in [1.54, 1.807) is 0 Å². The summed E-state index contributed by atoms with van der Waals surface area (Å²) in [6, 6.07) is 11.6. The summed E-state index contributed by atoms with van der Waals surface area (Å²) in [5.74, 6) is -0.00769. The molecule has 0 unspecified atom stereocenters. The molecule has 21 heavy (non-hydrogen) atoms. The molecule has 1 atom stereocenters. The van der Waals surface area contributed by atoms with Crippen molar-refractivity contribution in [3.8, 4) is 0 Å². The fourth-order valence-electron chi connectivity index (χ4n) is 2.12. The van der Waals surface area contributed by atoms with Crippen LogP contribution in [0, 0.1) is 0 Å². The number of hydrogen-bond acceptors (Lipinski definition) is 1. The molecule has 1 heterocycles. The quantitative estimate of drug-likeness (QED) is 0.846. The maximum absolute atomic E-state index is 12.1. The van der Waals surface area contributed by atoms with Crippen LogP contribution < -0.4 is 9.88 Å². The molecule has 0 bridgehead atoms. The van der Waals surface area contributed by atoms with Gasteiger partial charge in [0, 0.05) is 17.2 Å². The van der Waals surface area contributed by atoms with Gasteiger partial charge in [0.25, 0.3) is 5.91 Å². The van der Waals surface area contributed by atoms with Crippen molar-refractivity contribution in [2.45, 2.75) is 32.9 Å². The Morgan fingerprint density at radius 1 is 1.19 bits per heavy atom. The highest BCUT2D eigenvalue weighted by molar-refractivity contribution is 6.30. The highest BCUT2D eigenvalue weighted by atomic mass is 35.5. The van der Waals surface area contributed by atoms with Crippen LogP contribution in [-0.4, -0.2) is 5.91 Å². The highest BCUT2D eigenvalue weighted by Gasteiger charge is 2.13. The SMILES string of the molecule is CCc1cc[n+](CC(=O)N[C@H](C)c2ccc(Cl)cc2)cc1. The van der Waals surface area contributed by atoms with Crippen molar-refractivity contribution < 1.29 is 9.36 Å². The lowest BCUT2D eigenvalue weighted by Crippen LogP contribution is -2.43. The molecule has 4 heteroatoms. The van der Waals surface area contributed by atoms with E-state index in [0.29, 0.717) is 11.6 Å². The van der Waals surface area contributed by atoms with Gasteiger partial charge in [-0.3, -0.25) is 4.79 Å². The summed E-state index contributed by atoms with van der Waals surface area (Å²) in [5, 5.41) is 3.69. The predicted octanol–water partition coefficient (Wildman–Crippen LogP) is 3.07. The number of aryl methyl sites for hydroxylation is 1. The number of benzene rings is 1. The lowest BCUT2D eigenvalue weighted by Gasteiger charge is -2.13. The zero-order chi connectivity index (χ0) is 15.2. The number of amides is 1. The molecule has 3 nitrogen and oxygen atoms in total. The van der Waals surface area contributed by atoms with Gasteiger partial charge in [-0.15, -0.1) is 0 Å². The van der Waals surface area contributed by atoms with E-state index in [4.69, 9.17) is 11.6 Å². The number of aromatic nitrogens is 1. The molecule has 0 aliphatic carbocycles. The molecule has 1 aromatic heterocycles. The minimum absolute atomic E-state index is 0.00769. The number of halogens is 1. The summed E-state index contributed by atoms with van der Waals surface area (Å²) in [6.45, 7) is 4.40. The summed E-state index contributed by atoms with van der Waals surface area (Å²) in [5.41, 5.74) is 2.31. The normalized spacial score (nSPS) is 12.0. The van der Waals surface area contributed by atoms with Gasteiger partial charge >= 0.3 is 0 Å². The van der Waals surface area contributed by atoms with E-state index in [2.05, 4.69) is 12.2 Å². The van der Waals surface area contributed by atoms with Crippen LogP contribution >= 0.6 is 11.6 Å². The summed E-state index contributed by atoms with van der Waals surface area (Å²) in [6.07, 6.45) is 4.87. The maximum atomic E-state index is 12.1. The standard InChI is InChI=1S/C17H19ClN2O/c1-3-14-8-10-20(11-9-14)12-17(21)19-13(2)15-4-6-16(18)7-5-15/h4-11,13H,3,12H2,1-2H3/p+1/t13-/m1/s1.